The Labute approximate surface area is 110 Å². The second-order valence-corrected chi connectivity index (χ2v) is 5.67. The van der Waals surface area contributed by atoms with Gasteiger partial charge >= 0.3 is 0 Å². The lowest BCUT2D eigenvalue weighted by atomic mass is 10.0. The minimum atomic E-state index is 0.298. The molecule has 1 heterocycles. The van der Waals surface area contributed by atoms with Crippen molar-refractivity contribution in [2.24, 2.45) is 0 Å². The van der Waals surface area contributed by atoms with Gasteiger partial charge in [0.2, 0.25) is 0 Å². The van der Waals surface area contributed by atoms with Crippen molar-refractivity contribution < 1.29 is 4.74 Å². The third-order valence-electron chi connectivity index (χ3n) is 4.14. The van der Waals surface area contributed by atoms with Crippen molar-refractivity contribution in [3.05, 3.63) is 23.0 Å². The number of methoxy groups -OCH3 is 1. The van der Waals surface area contributed by atoms with Crippen LogP contribution in [0.4, 0.5) is 0 Å². The van der Waals surface area contributed by atoms with Crippen molar-refractivity contribution in [2.45, 2.75) is 58.5 Å². The Morgan fingerprint density at radius 1 is 1.33 bits per heavy atom. The molecule has 3 heteroatoms. The van der Waals surface area contributed by atoms with Gasteiger partial charge in [-0.3, -0.25) is 4.98 Å². The first-order chi connectivity index (χ1) is 8.56. The molecule has 1 aromatic heterocycles. The summed E-state index contributed by atoms with van der Waals surface area (Å²) in [5.41, 5.74) is 3.66. The highest BCUT2D eigenvalue weighted by atomic mass is 16.5. The van der Waals surface area contributed by atoms with Gasteiger partial charge in [0.1, 0.15) is 5.75 Å². The lowest BCUT2D eigenvalue weighted by Crippen LogP contribution is -2.39. The van der Waals surface area contributed by atoms with Gasteiger partial charge in [0.05, 0.1) is 12.8 Å². The summed E-state index contributed by atoms with van der Waals surface area (Å²) in [7, 11) is 1.73. The second kappa shape index (κ2) is 5.27. The molecule has 1 N–H and O–H groups in total. The summed E-state index contributed by atoms with van der Waals surface area (Å²) in [5.74, 6) is 0.971. The highest BCUT2D eigenvalue weighted by Gasteiger charge is 2.28. The number of rotatable bonds is 4. The van der Waals surface area contributed by atoms with Gasteiger partial charge in [0, 0.05) is 29.4 Å². The SMILES string of the molecule is COc1c(C)cnc(CNC2(C)CCCC2)c1C. The number of hydrogen-bond donors (Lipinski definition) is 1. The van der Waals surface area contributed by atoms with Gasteiger partial charge in [-0.1, -0.05) is 12.8 Å². The number of aromatic nitrogens is 1. The number of ether oxygens (including phenoxy) is 1. The van der Waals surface area contributed by atoms with Gasteiger partial charge in [-0.15, -0.1) is 0 Å². The molecule has 100 valence electrons. The molecule has 1 aliphatic carbocycles. The molecule has 0 aliphatic heterocycles. The molecule has 0 spiro atoms. The van der Waals surface area contributed by atoms with E-state index in [9.17, 15) is 0 Å². The normalized spacial score (nSPS) is 18.0. The first kappa shape index (κ1) is 13.3. The maximum absolute atomic E-state index is 5.45. The zero-order valence-corrected chi connectivity index (χ0v) is 12.0. The highest BCUT2D eigenvalue weighted by molar-refractivity contribution is 5.41. The van der Waals surface area contributed by atoms with Crippen LogP contribution in [0.3, 0.4) is 0 Å². The van der Waals surface area contributed by atoms with Crippen LogP contribution < -0.4 is 10.1 Å². The van der Waals surface area contributed by atoms with Gasteiger partial charge in [-0.05, 0) is 33.6 Å². The predicted octanol–water partition coefficient (Wildman–Crippen LogP) is 3.13. The minimum absolute atomic E-state index is 0.298. The maximum Gasteiger partial charge on any atom is 0.128 e. The summed E-state index contributed by atoms with van der Waals surface area (Å²) >= 11 is 0. The Morgan fingerprint density at radius 2 is 2.00 bits per heavy atom. The van der Waals surface area contributed by atoms with Crippen LogP contribution in [0, 0.1) is 13.8 Å². The molecule has 0 amide bonds. The largest absolute Gasteiger partial charge is 0.496 e. The second-order valence-electron chi connectivity index (χ2n) is 5.67. The van der Waals surface area contributed by atoms with Crippen LogP contribution in [0.15, 0.2) is 6.20 Å². The number of hydrogen-bond acceptors (Lipinski definition) is 3. The van der Waals surface area contributed by atoms with Crippen LogP contribution in [0.1, 0.15) is 49.4 Å². The average Bonchev–Trinajstić information content (AvgIpc) is 2.76. The molecule has 0 atom stereocenters. The fourth-order valence-electron chi connectivity index (χ4n) is 2.88. The summed E-state index contributed by atoms with van der Waals surface area (Å²) in [4.78, 5) is 4.54. The Morgan fingerprint density at radius 3 is 2.61 bits per heavy atom. The predicted molar refractivity (Wildman–Crippen MR) is 74.0 cm³/mol. The Bertz CT molecular complexity index is 423. The molecular weight excluding hydrogens is 224 g/mol. The van der Waals surface area contributed by atoms with Crippen molar-refractivity contribution in [3.8, 4) is 5.75 Å². The van der Waals surface area contributed by atoms with Crippen LogP contribution >= 0.6 is 0 Å². The van der Waals surface area contributed by atoms with Crippen LogP contribution in [0.25, 0.3) is 0 Å². The van der Waals surface area contributed by atoms with Crippen LogP contribution in [-0.4, -0.2) is 17.6 Å². The van der Waals surface area contributed by atoms with E-state index in [-0.39, 0.29) is 0 Å². The lowest BCUT2D eigenvalue weighted by molar-refractivity contribution is 0.358. The third kappa shape index (κ3) is 2.66. The lowest BCUT2D eigenvalue weighted by Gasteiger charge is -2.25. The topological polar surface area (TPSA) is 34.1 Å². The number of pyridine rings is 1. The number of nitrogens with one attached hydrogen (secondary N) is 1. The van der Waals surface area contributed by atoms with Gasteiger partial charge in [-0.2, -0.15) is 0 Å². The minimum Gasteiger partial charge on any atom is -0.496 e. The molecule has 3 nitrogen and oxygen atoms in total. The highest BCUT2D eigenvalue weighted by Crippen LogP contribution is 2.30. The third-order valence-corrected chi connectivity index (χ3v) is 4.14. The van der Waals surface area contributed by atoms with E-state index in [2.05, 4.69) is 24.1 Å². The zero-order valence-electron chi connectivity index (χ0n) is 12.0. The smallest absolute Gasteiger partial charge is 0.128 e. The van der Waals surface area contributed by atoms with E-state index in [1.807, 2.05) is 13.1 Å². The van der Waals surface area contributed by atoms with E-state index >= 15 is 0 Å². The molecule has 0 saturated heterocycles. The molecule has 0 radical (unpaired) electrons. The van der Waals surface area contributed by atoms with Crippen LogP contribution in [-0.2, 0) is 6.54 Å². The molecular formula is C15H24N2O. The molecule has 1 fully saturated rings. The van der Waals surface area contributed by atoms with Crippen molar-refractivity contribution in [2.75, 3.05) is 7.11 Å². The molecule has 0 aromatic carbocycles. The molecule has 1 aliphatic rings. The van der Waals surface area contributed by atoms with Gasteiger partial charge < -0.3 is 10.1 Å². The van der Waals surface area contributed by atoms with Gasteiger partial charge in [-0.25, -0.2) is 0 Å². The quantitative estimate of drug-likeness (QED) is 0.889. The molecule has 2 rings (SSSR count). The molecule has 0 bridgehead atoms. The van der Waals surface area contributed by atoms with Gasteiger partial charge in [0.25, 0.3) is 0 Å². The first-order valence-corrected chi connectivity index (χ1v) is 6.80. The maximum atomic E-state index is 5.45. The van der Waals surface area contributed by atoms with Crippen molar-refractivity contribution in [1.29, 1.82) is 0 Å². The van der Waals surface area contributed by atoms with Crippen LogP contribution in [0.5, 0.6) is 5.75 Å². The van der Waals surface area contributed by atoms with E-state index < -0.39 is 0 Å². The zero-order chi connectivity index (χ0) is 13.2. The van der Waals surface area contributed by atoms with Crippen molar-refractivity contribution in [3.63, 3.8) is 0 Å². The molecule has 0 unspecified atom stereocenters. The van der Waals surface area contributed by atoms with Crippen molar-refractivity contribution in [1.82, 2.24) is 10.3 Å². The summed E-state index contributed by atoms with van der Waals surface area (Å²) < 4.78 is 5.45. The number of nitrogens with zero attached hydrogens (tertiary/aromatic N) is 1. The first-order valence-electron chi connectivity index (χ1n) is 6.80. The van der Waals surface area contributed by atoms with E-state index in [0.717, 1.165) is 29.1 Å². The summed E-state index contributed by atoms with van der Waals surface area (Å²) in [5, 5.41) is 3.67. The van der Waals surface area contributed by atoms with Gasteiger partial charge in [0.15, 0.2) is 0 Å². The van der Waals surface area contributed by atoms with E-state index in [1.165, 1.54) is 25.7 Å². The molecule has 1 aromatic rings. The molecule has 1 saturated carbocycles. The summed E-state index contributed by atoms with van der Waals surface area (Å²) in [6.07, 6.45) is 7.13. The average molecular weight is 248 g/mol. The Balaban J connectivity index is 2.10. The Hall–Kier alpha value is -1.09. The van der Waals surface area contributed by atoms with Crippen molar-refractivity contribution >= 4 is 0 Å². The summed E-state index contributed by atoms with van der Waals surface area (Å²) in [6, 6.07) is 0. The summed E-state index contributed by atoms with van der Waals surface area (Å²) in [6.45, 7) is 7.28. The fraction of sp³-hybridized carbons (Fsp3) is 0.667. The fourth-order valence-corrected chi connectivity index (χ4v) is 2.88. The van der Waals surface area contributed by atoms with Crippen LogP contribution in [0.2, 0.25) is 0 Å². The Kier molecular flexibility index (Phi) is 3.91. The van der Waals surface area contributed by atoms with E-state index in [0.29, 0.717) is 5.54 Å². The van der Waals surface area contributed by atoms with E-state index in [4.69, 9.17) is 4.74 Å². The van der Waals surface area contributed by atoms with E-state index in [1.54, 1.807) is 7.11 Å². The standard InChI is InChI=1S/C15H24N2O/c1-11-9-16-13(12(2)14(11)18-4)10-17-15(3)7-5-6-8-15/h9,17H,5-8,10H2,1-4H3. The monoisotopic (exact) mass is 248 g/mol. The number of aryl methyl sites for hydroxylation is 1. The molecule has 18 heavy (non-hydrogen) atoms.